The number of morpholine rings is 1. The van der Waals surface area contributed by atoms with Gasteiger partial charge in [-0.15, -0.1) is 0 Å². The molecule has 3 rings (SSSR count). The van der Waals surface area contributed by atoms with E-state index in [-0.39, 0.29) is 22.7 Å². The highest BCUT2D eigenvalue weighted by Gasteiger charge is 2.30. The summed E-state index contributed by atoms with van der Waals surface area (Å²) < 4.78 is 37.0. The number of piperidine rings is 1. The van der Waals surface area contributed by atoms with E-state index < -0.39 is 10.0 Å². The lowest BCUT2D eigenvalue weighted by atomic mass is 9.97. The number of rotatable bonds is 5. The van der Waals surface area contributed by atoms with Crippen molar-refractivity contribution < 1.29 is 27.5 Å². The number of hydrogen-bond donors (Lipinski definition) is 0. The van der Waals surface area contributed by atoms with Gasteiger partial charge in [0.05, 0.1) is 30.6 Å². The molecule has 1 unspecified atom stereocenters. The zero-order valence-electron chi connectivity index (χ0n) is 16.0. The minimum Gasteiger partial charge on any atom is -0.466 e. The van der Waals surface area contributed by atoms with Crippen LogP contribution in [0.5, 0.6) is 0 Å². The number of carbonyl (C=O) groups excluding carboxylic acids is 2. The summed E-state index contributed by atoms with van der Waals surface area (Å²) in [5, 5.41) is 0. The number of nitrogens with zero attached hydrogens (tertiary/aromatic N) is 2. The first-order valence-electron chi connectivity index (χ1n) is 9.57. The summed E-state index contributed by atoms with van der Waals surface area (Å²) in [4.78, 5) is 26.6. The minimum atomic E-state index is -3.59. The van der Waals surface area contributed by atoms with Gasteiger partial charge in [0.2, 0.25) is 10.0 Å². The molecule has 0 saturated carbocycles. The average molecular weight is 410 g/mol. The second-order valence-electron chi connectivity index (χ2n) is 6.88. The molecule has 0 bridgehead atoms. The largest absolute Gasteiger partial charge is 0.466 e. The van der Waals surface area contributed by atoms with E-state index in [1.165, 1.54) is 28.6 Å². The van der Waals surface area contributed by atoms with Gasteiger partial charge in [-0.05, 0) is 44.0 Å². The van der Waals surface area contributed by atoms with E-state index in [2.05, 4.69) is 0 Å². The Morgan fingerprint density at radius 3 is 2.46 bits per heavy atom. The number of carbonyl (C=O) groups is 2. The summed E-state index contributed by atoms with van der Waals surface area (Å²) in [5.41, 5.74) is 0.408. The first-order chi connectivity index (χ1) is 13.4. The van der Waals surface area contributed by atoms with E-state index >= 15 is 0 Å². The Labute approximate surface area is 165 Å². The van der Waals surface area contributed by atoms with Crippen molar-refractivity contribution >= 4 is 21.9 Å². The van der Waals surface area contributed by atoms with Crippen LogP contribution < -0.4 is 0 Å². The van der Waals surface area contributed by atoms with Crippen LogP contribution in [0.2, 0.25) is 0 Å². The van der Waals surface area contributed by atoms with E-state index in [4.69, 9.17) is 9.47 Å². The highest BCUT2D eigenvalue weighted by atomic mass is 32.2. The Balaban J connectivity index is 1.69. The number of amides is 1. The van der Waals surface area contributed by atoms with Crippen LogP contribution in [0.25, 0.3) is 0 Å². The SMILES string of the molecule is CCOC(=O)C1CCCN(C(=O)c2ccc(S(=O)(=O)N3CCOCC3)cc2)C1. The van der Waals surface area contributed by atoms with Crippen LogP contribution in [0.3, 0.4) is 0 Å². The highest BCUT2D eigenvalue weighted by Crippen LogP contribution is 2.22. The van der Waals surface area contributed by atoms with Gasteiger partial charge < -0.3 is 14.4 Å². The molecule has 2 saturated heterocycles. The van der Waals surface area contributed by atoms with E-state index in [0.29, 0.717) is 58.0 Å². The summed E-state index contributed by atoms with van der Waals surface area (Å²) in [6.45, 7) is 4.39. The number of esters is 1. The maximum atomic E-state index is 12.8. The molecule has 1 aromatic carbocycles. The second kappa shape index (κ2) is 9.02. The molecule has 1 aromatic rings. The van der Waals surface area contributed by atoms with Gasteiger partial charge >= 0.3 is 5.97 Å². The van der Waals surface area contributed by atoms with Gasteiger partial charge in [0.25, 0.3) is 5.91 Å². The zero-order chi connectivity index (χ0) is 20.1. The zero-order valence-corrected chi connectivity index (χ0v) is 16.8. The molecule has 0 N–H and O–H groups in total. The number of sulfonamides is 1. The lowest BCUT2D eigenvalue weighted by molar-refractivity contribution is -0.149. The quantitative estimate of drug-likeness (QED) is 0.676. The molecule has 0 radical (unpaired) electrons. The fraction of sp³-hybridized carbons (Fsp3) is 0.579. The van der Waals surface area contributed by atoms with Gasteiger partial charge in [0.1, 0.15) is 0 Å². The highest BCUT2D eigenvalue weighted by molar-refractivity contribution is 7.89. The Morgan fingerprint density at radius 2 is 1.82 bits per heavy atom. The van der Waals surface area contributed by atoms with Crippen molar-refractivity contribution in [3.8, 4) is 0 Å². The number of likely N-dealkylation sites (tertiary alicyclic amines) is 1. The van der Waals surface area contributed by atoms with Crippen molar-refractivity contribution in [1.82, 2.24) is 9.21 Å². The van der Waals surface area contributed by atoms with E-state index in [1.54, 1.807) is 11.8 Å². The van der Waals surface area contributed by atoms with Crippen LogP contribution in [-0.2, 0) is 24.3 Å². The van der Waals surface area contributed by atoms with E-state index in [9.17, 15) is 18.0 Å². The van der Waals surface area contributed by atoms with Crippen molar-refractivity contribution in [3.63, 3.8) is 0 Å². The lowest BCUT2D eigenvalue weighted by Gasteiger charge is -2.31. The molecule has 2 heterocycles. The Kier molecular flexibility index (Phi) is 6.69. The van der Waals surface area contributed by atoms with Crippen molar-refractivity contribution in [2.24, 2.45) is 5.92 Å². The number of ether oxygens (including phenoxy) is 2. The molecule has 2 fully saturated rings. The fourth-order valence-corrected chi connectivity index (χ4v) is 4.91. The monoisotopic (exact) mass is 410 g/mol. The van der Waals surface area contributed by atoms with Gasteiger partial charge in [-0.25, -0.2) is 8.42 Å². The van der Waals surface area contributed by atoms with Crippen LogP contribution in [0.15, 0.2) is 29.2 Å². The summed E-state index contributed by atoms with van der Waals surface area (Å²) in [7, 11) is -3.59. The first-order valence-corrected chi connectivity index (χ1v) is 11.0. The Morgan fingerprint density at radius 1 is 1.14 bits per heavy atom. The smallest absolute Gasteiger partial charge is 0.310 e. The van der Waals surface area contributed by atoms with Gasteiger partial charge in [0.15, 0.2) is 0 Å². The van der Waals surface area contributed by atoms with Crippen molar-refractivity contribution in [2.75, 3.05) is 46.0 Å². The third-order valence-corrected chi connectivity index (χ3v) is 6.95. The van der Waals surface area contributed by atoms with Crippen molar-refractivity contribution in [3.05, 3.63) is 29.8 Å². The van der Waals surface area contributed by atoms with Crippen LogP contribution >= 0.6 is 0 Å². The molecular weight excluding hydrogens is 384 g/mol. The molecular formula is C19H26N2O6S. The Bertz CT molecular complexity index is 802. The predicted molar refractivity (Wildman–Crippen MR) is 101 cm³/mol. The van der Waals surface area contributed by atoms with Crippen LogP contribution in [0.4, 0.5) is 0 Å². The average Bonchev–Trinajstić information content (AvgIpc) is 2.74. The van der Waals surface area contributed by atoms with E-state index in [1.807, 2.05) is 0 Å². The van der Waals surface area contributed by atoms with Crippen LogP contribution in [-0.4, -0.2) is 75.5 Å². The third kappa shape index (κ3) is 4.53. The predicted octanol–water partition coefficient (Wildman–Crippen LogP) is 1.12. The summed E-state index contributed by atoms with van der Waals surface area (Å²) >= 11 is 0. The molecule has 0 aromatic heterocycles. The molecule has 2 aliphatic rings. The molecule has 154 valence electrons. The van der Waals surface area contributed by atoms with Gasteiger partial charge in [-0.2, -0.15) is 4.31 Å². The maximum Gasteiger partial charge on any atom is 0.310 e. The third-order valence-electron chi connectivity index (χ3n) is 5.04. The van der Waals surface area contributed by atoms with E-state index in [0.717, 1.165) is 6.42 Å². The molecule has 2 aliphatic heterocycles. The molecule has 0 spiro atoms. The first kappa shape index (κ1) is 20.8. The molecule has 0 aliphatic carbocycles. The Hall–Kier alpha value is -1.97. The van der Waals surface area contributed by atoms with Crippen LogP contribution in [0, 0.1) is 5.92 Å². The number of hydrogen-bond acceptors (Lipinski definition) is 6. The summed E-state index contributed by atoms with van der Waals surface area (Å²) in [6, 6.07) is 5.99. The maximum absolute atomic E-state index is 12.8. The molecule has 28 heavy (non-hydrogen) atoms. The minimum absolute atomic E-state index is 0.161. The normalized spacial score (nSPS) is 21.3. The number of benzene rings is 1. The van der Waals surface area contributed by atoms with Gasteiger partial charge in [-0.3, -0.25) is 9.59 Å². The summed E-state index contributed by atoms with van der Waals surface area (Å²) in [6.07, 6.45) is 1.44. The van der Waals surface area contributed by atoms with Crippen molar-refractivity contribution in [2.45, 2.75) is 24.7 Å². The van der Waals surface area contributed by atoms with Gasteiger partial charge in [0, 0.05) is 31.7 Å². The molecule has 1 amide bonds. The lowest BCUT2D eigenvalue weighted by Crippen LogP contribution is -2.43. The van der Waals surface area contributed by atoms with Crippen LogP contribution in [0.1, 0.15) is 30.1 Å². The van der Waals surface area contributed by atoms with Crippen molar-refractivity contribution in [1.29, 1.82) is 0 Å². The molecule has 1 atom stereocenters. The fourth-order valence-electron chi connectivity index (χ4n) is 3.50. The molecule has 9 heteroatoms. The standard InChI is InChI=1S/C19H26N2O6S/c1-2-27-19(23)16-4-3-9-20(14-16)18(22)15-5-7-17(8-6-15)28(24,25)21-10-12-26-13-11-21/h5-8,16H,2-4,9-14H2,1H3. The van der Waals surface area contributed by atoms with Gasteiger partial charge in [-0.1, -0.05) is 0 Å². The summed E-state index contributed by atoms with van der Waals surface area (Å²) in [5.74, 6) is -0.783. The second-order valence-corrected chi connectivity index (χ2v) is 8.82. The topological polar surface area (TPSA) is 93.2 Å². The molecule has 8 nitrogen and oxygen atoms in total.